The number of nitrogens with zero attached hydrogens (tertiary/aromatic N) is 2. The Morgan fingerprint density at radius 3 is 3.00 bits per heavy atom. The summed E-state index contributed by atoms with van der Waals surface area (Å²) in [5, 5.41) is 12.0. The molecule has 1 aliphatic rings. The average molecular weight is 211 g/mol. The minimum atomic E-state index is 0.403. The molecule has 1 aliphatic carbocycles. The van der Waals surface area contributed by atoms with E-state index < -0.39 is 0 Å². The molecular formula is C13H13N3. The number of pyridine rings is 1. The lowest BCUT2D eigenvalue weighted by atomic mass is 9.95. The predicted octanol–water partition coefficient (Wildman–Crippen LogP) is 1.88. The fourth-order valence-electron chi connectivity index (χ4n) is 1.99. The number of hydrogen-bond donors (Lipinski definition) is 1. The van der Waals surface area contributed by atoms with Crippen molar-refractivity contribution in [2.45, 2.75) is 25.7 Å². The Balaban J connectivity index is 2.37. The molecule has 1 aromatic rings. The molecule has 0 aromatic carbocycles. The normalized spacial score (nSPS) is 13.4. The SMILES string of the molecule is C#CCNc1nc2c(cc1C#N)CCCC2. The van der Waals surface area contributed by atoms with Gasteiger partial charge in [0, 0.05) is 5.69 Å². The van der Waals surface area contributed by atoms with E-state index in [0.29, 0.717) is 17.9 Å². The highest BCUT2D eigenvalue weighted by Crippen LogP contribution is 2.24. The topological polar surface area (TPSA) is 48.7 Å². The zero-order valence-corrected chi connectivity index (χ0v) is 9.08. The van der Waals surface area contributed by atoms with Crippen molar-refractivity contribution >= 4 is 5.82 Å². The van der Waals surface area contributed by atoms with E-state index in [1.165, 1.54) is 18.4 Å². The van der Waals surface area contributed by atoms with Crippen molar-refractivity contribution in [2.75, 3.05) is 11.9 Å². The molecule has 1 aromatic heterocycles. The van der Waals surface area contributed by atoms with Crippen LogP contribution in [0.1, 0.15) is 29.7 Å². The average Bonchev–Trinajstić information content (AvgIpc) is 2.35. The molecule has 0 atom stereocenters. The summed E-state index contributed by atoms with van der Waals surface area (Å²) in [6.45, 7) is 0.403. The van der Waals surface area contributed by atoms with Crippen LogP contribution in [-0.4, -0.2) is 11.5 Å². The van der Waals surface area contributed by atoms with Crippen molar-refractivity contribution in [2.24, 2.45) is 0 Å². The van der Waals surface area contributed by atoms with Gasteiger partial charge in [-0.2, -0.15) is 5.26 Å². The summed E-state index contributed by atoms with van der Waals surface area (Å²) in [4.78, 5) is 4.49. The second-order valence-corrected chi connectivity index (χ2v) is 3.87. The van der Waals surface area contributed by atoms with Crippen LogP contribution in [0.5, 0.6) is 0 Å². The zero-order chi connectivity index (χ0) is 11.4. The van der Waals surface area contributed by atoms with Crippen molar-refractivity contribution in [3.8, 4) is 18.4 Å². The molecule has 0 spiro atoms. The number of anilines is 1. The first-order valence-corrected chi connectivity index (χ1v) is 5.45. The lowest BCUT2D eigenvalue weighted by Crippen LogP contribution is -2.10. The minimum Gasteiger partial charge on any atom is -0.358 e. The number of hydrogen-bond acceptors (Lipinski definition) is 3. The van der Waals surface area contributed by atoms with E-state index >= 15 is 0 Å². The van der Waals surface area contributed by atoms with E-state index in [1.807, 2.05) is 6.07 Å². The third kappa shape index (κ3) is 1.99. The molecule has 1 heterocycles. The van der Waals surface area contributed by atoms with Crippen LogP contribution < -0.4 is 5.32 Å². The first kappa shape index (κ1) is 10.5. The third-order valence-electron chi connectivity index (χ3n) is 2.78. The molecule has 2 rings (SSSR count). The third-order valence-corrected chi connectivity index (χ3v) is 2.78. The molecule has 0 radical (unpaired) electrons. The Bertz CT molecular complexity index is 477. The smallest absolute Gasteiger partial charge is 0.144 e. The molecule has 16 heavy (non-hydrogen) atoms. The second kappa shape index (κ2) is 4.68. The molecule has 80 valence electrons. The van der Waals surface area contributed by atoms with Gasteiger partial charge >= 0.3 is 0 Å². The van der Waals surface area contributed by atoms with Gasteiger partial charge in [-0.05, 0) is 37.3 Å². The van der Waals surface area contributed by atoms with Crippen molar-refractivity contribution in [1.82, 2.24) is 4.98 Å². The van der Waals surface area contributed by atoms with Crippen LogP contribution in [0.2, 0.25) is 0 Å². The van der Waals surface area contributed by atoms with Gasteiger partial charge in [0.15, 0.2) is 0 Å². The lowest BCUT2D eigenvalue weighted by Gasteiger charge is -2.16. The van der Waals surface area contributed by atoms with E-state index in [4.69, 9.17) is 11.7 Å². The molecule has 3 heteroatoms. The van der Waals surface area contributed by atoms with Gasteiger partial charge in [0.1, 0.15) is 11.9 Å². The molecule has 0 aliphatic heterocycles. The summed E-state index contributed by atoms with van der Waals surface area (Å²) in [7, 11) is 0. The first-order chi connectivity index (χ1) is 7.85. The summed E-state index contributed by atoms with van der Waals surface area (Å²) in [6, 6.07) is 4.11. The molecule has 0 bridgehead atoms. The van der Waals surface area contributed by atoms with Gasteiger partial charge in [-0.25, -0.2) is 4.98 Å². The Labute approximate surface area is 95.5 Å². The highest BCUT2D eigenvalue weighted by atomic mass is 15.0. The first-order valence-electron chi connectivity index (χ1n) is 5.45. The summed E-state index contributed by atoms with van der Waals surface area (Å²) in [5.74, 6) is 3.11. The number of nitrogens with one attached hydrogen (secondary N) is 1. The van der Waals surface area contributed by atoms with Gasteiger partial charge in [-0.3, -0.25) is 0 Å². The number of aryl methyl sites for hydroxylation is 2. The standard InChI is InChI=1S/C13H13N3/c1-2-7-15-13-11(9-14)8-10-5-3-4-6-12(10)16-13/h1,8H,3-7H2,(H,15,16). The van der Waals surface area contributed by atoms with Crippen LogP contribution in [0.4, 0.5) is 5.82 Å². The molecule has 1 N–H and O–H groups in total. The molecule has 0 unspecified atom stereocenters. The minimum absolute atomic E-state index is 0.403. The van der Waals surface area contributed by atoms with Crippen LogP contribution in [0.25, 0.3) is 0 Å². The Morgan fingerprint density at radius 2 is 2.25 bits per heavy atom. The fourth-order valence-corrected chi connectivity index (χ4v) is 1.99. The second-order valence-electron chi connectivity index (χ2n) is 3.87. The van der Waals surface area contributed by atoms with Crippen LogP contribution in [0, 0.1) is 23.7 Å². The van der Waals surface area contributed by atoms with E-state index in [2.05, 4.69) is 22.3 Å². The van der Waals surface area contributed by atoms with Crippen molar-refractivity contribution < 1.29 is 0 Å². The highest BCUT2D eigenvalue weighted by molar-refractivity contribution is 5.55. The van der Waals surface area contributed by atoms with Crippen LogP contribution >= 0.6 is 0 Å². The Morgan fingerprint density at radius 1 is 1.44 bits per heavy atom. The molecule has 3 nitrogen and oxygen atoms in total. The number of fused-ring (bicyclic) bond motifs is 1. The van der Waals surface area contributed by atoms with Gasteiger partial charge in [0.25, 0.3) is 0 Å². The number of nitriles is 1. The molecular weight excluding hydrogens is 198 g/mol. The lowest BCUT2D eigenvalue weighted by molar-refractivity contribution is 0.668. The molecule has 0 amide bonds. The number of rotatable bonds is 2. The molecule has 0 saturated heterocycles. The molecule has 0 fully saturated rings. The van der Waals surface area contributed by atoms with E-state index in [-0.39, 0.29) is 0 Å². The fraction of sp³-hybridized carbons (Fsp3) is 0.385. The van der Waals surface area contributed by atoms with Crippen molar-refractivity contribution in [1.29, 1.82) is 5.26 Å². The maximum absolute atomic E-state index is 9.04. The number of aromatic nitrogens is 1. The Kier molecular flexibility index (Phi) is 3.08. The summed E-state index contributed by atoms with van der Waals surface area (Å²) in [5.41, 5.74) is 2.93. The largest absolute Gasteiger partial charge is 0.358 e. The zero-order valence-electron chi connectivity index (χ0n) is 9.08. The highest BCUT2D eigenvalue weighted by Gasteiger charge is 2.14. The van der Waals surface area contributed by atoms with Crippen LogP contribution in [0.15, 0.2) is 6.07 Å². The van der Waals surface area contributed by atoms with Gasteiger partial charge < -0.3 is 5.32 Å². The quantitative estimate of drug-likeness (QED) is 0.760. The predicted molar refractivity (Wildman–Crippen MR) is 62.9 cm³/mol. The number of terminal acetylenes is 1. The summed E-state index contributed by atoms with van der Waals surface area (Å²) < 4.78 is 0. The van der Waals surface area contributed by atoms with Crippen LogP contribution in [-0.2, 0) is 12.8 Å². The summed E-state index contributed by atoms with van der Waals surface area (Å²) in [6.07, 6.45) is 9.59. The monoisotopic (exact) mass is 211 g/mol. The summed E-state index contributed by atoms with van der Waals surface area (Å²) >= 11 is 0. The van der Waals surface area contributed by atoms with Crippen molar-refractivity contribution in [3.63, 3.8) is 0 Å². The maximum Gasteiger partial charge on any atom is 0.144 e. The van der Waals surface area contributed by atoms with Gasteiger partial charge in [-0.1, -0.05) is 5.92 Å². The van der Waals surface area contributed by atoms with Gasteiger partial charge in [0.05, 0.1) is 12.1 Å². The van der Waals surface area contributed by atoms with Crippen molar-refractivity contribution in [3.05, 3.63) is 22.9 Å². The van der Waals surface area contributed by atoms with Gasteiger partial charge in [-0.15, -0.1) is 6.42 Å². The van der Waals surface area contributed by atoms with E-state index in [9.17, 15) is 0 Å². The van der Waals surface area contributed by atoms with E-state index in [0.717, 1.165) is 18.5 Å². The van der Waals surface area contributed by atoms with Crippen LogP contribution in [0.3, 0.4) is 0 Å². The van der Waals surface area contributed by atoms with E-state index in [1.54, 1.807) is 0 Å². The maximum atomic E-state index is 9.04. The molecule has 0 saturated carbocycles. The Hall–Kier alpha value is -2.00. The van der Waals surface area contributed by atoms with Gasteiger partial charge in [0.2, 0.25) is 0 Å².